The van der Waals surface area contributed by atoms with Crippen LogP contribution in [0.3, 0.4) is 0 Å². The third-order valence-corrected chi connectivity index (χ3v) is 3.99. The van der Waals surface area contributed by atoms with Crippen LogP contribution in [0.15, 0.2) is 0 Å². The summed E-state index contributed by atoms with van der Waals surface area (Å²) in [7, 11) is 0. The number of thioether (sulfide) groups is 1. The highest BCUT2D eigenvalue weighted by Crippen LogP contribution is 2.25. The zero-order chi connectivity index (χ0) is 9.97. The Balaban J connectivity index is 2.13. The molecule has 1 fully saturated rings. The van der Waals surface area contributed by atoms with Gasteiger partial charge in [-0.15, -0.1) is 0 Å². The molecule has 0 aromatic carbocycles. The molecule has 1 aliphatic rings. The summed E-state index contributed by atoms with van der Waals surface area (Å²) in [6, 6.07) is 0. The highest BCUT2D eigenvalue weighted by molar-refractivity contribution is 7.99. The highest BCUT2D eigenvalue weighted by atomic mass is 32.2. The van der Waals surface area contributed by atoms with Crippen LogP contribution < -0.4 is 0 Å². The Morgan fingerprint density at radius 1 is 1.71 bits per heavy atom. The predicted molar refractivity (Wildman–Crippen MR) is 58.8 cm³/mol. The van der Waals surface area contributed by atoms with Crippen molar-refractivity contribution < 1.29 is 5.11 Å². The lowest BCUT2D eigenvalue weighted by atomic mass is 10.1. The SMILES string of the molecule is OCc1n[nH]c(=S)n1CC1CCSC1. The Morgan fingerprint density at radius 2 is 2.57 bits per heavy atom. The molecular formula is C8H13N3OS2. The number of rotatable bonds is 3. The van der Waals surface area contributed by atoms with E-state index < -0.39 is 0 Å². The van der Waals surface area contributed by atoms with Gasteiger partial charge < -0.3 is 9.67 Å². The molecule has 78 valence electrons. The fraction of sp³-hybridized carbons (Fsp3) is 0.750. The van der Waals surface area contributed by atoms with E-state index in [1.54, 1.807) is 0 Å². The maximum Gasteiger partial charge on any atom is 0.195 e. The van der Waals surface area contributed by atoms with Crippen LogP contribution in [0.1, 0.15) is 12.2 Å². The average Bonchev–Trinajstić information content (AvgIpc) is 2.79. The number of H-pyrrole nitrogens is 1. The monoisotopic (exact) mass is 231 g/mol. The van der Waals surface area contributed by atoms with Crippen molar-refractivity contribution in [3.05, 3.63) is 10.6 Å². The van der Waals surface area contributed by atoms with E-state index in [0.29, 0.717) is 16.5 Å². The van der Waals surface area contributed by atoms with Gasteiger partial charge in [-0.05, 0) is 36.1 Å². The van der Waals surface area contributed by atoms with Crippen molar-refractivity contribution in [3.8, 4) is 0 Å². The van der Waals surface area contributed by atoms with Crippen LogP contribution in [0.5, 0.6) is 0 Å². The lowest BCUT2D eigenvalue weighted by Crippen LogP contribution is -2.12. The van der Waals surface area contributed by atoms with Gasteiger partial charge in [0.15, 0.2) is 10.6 Å². The normalized spacial score (nSPS) is 21.6. The molecule has 0 aliphatic carbocycles. The summed E-state index contributed by atoms with van der Waals surface area (Å²) in [5.74, 6) is 3.75. The third kappa shape index (κ3) is 2.02. The van der Waals surface area contributed by atoms with Crippen molar-refractivity contribution in [3.63, 3.8) is 0 Å². The van der Waals surface area contributed by atoms with Crippen molar-refractivity contribution in [2.45, 2.75) is 19.6 Å². The van der Waals surface area contributed by atoms with Gasteiger partial charge in [-0.1, -0.05) is 0 Å². The van der Waals surface area contributed by atoms with E-state index in [9.17, 15) is 0 Å². The quantitative estimate of drug-likeness (QED) is 0.767. The third-order valence-electron chi connectivity index (χ3n) is 2.44. The van der Waals surface area contributed by atoms with Gasteiger partial charge in [0.25, 0.3) is 0 Å². The molecule has 1 aliphatic heterocycles. The van der Waals surface area contributed by atoms with E-state index in [1.807, 2.05) is 16.3 Å². The van der Waals surface area contributed by atoms with Crippen LogP contribution in [0.25, 0.3) is 0 Å². The van der Waals surface area contributed by atoms with Gasteiger partial charge in [0, 0.05) is 6.54 Å². The van der Waals surface area contributed by atoms with E-state index in [2.05, 4.69) is 10.2 Å². The largest absolute Gasteiger partial charge is 0.388 e. The first-order valence-corrected chi connectivity index (χ1v) is 6.20. The van der Waals surface area contributed by atoms with Gasteiger partial charge >= 0.3 is 0 Å². The zero-order valence-electron chi connectivity index (χ0n) is 7.77. The number of nitrogens with one attached hydrogen (secondary N) is 1. The molecule has 1 aromatic rings. The summed E-state index contributed by atoms with van der Waals surface area (Å²) >= 11 is 7.08. The summed E-state index contributed by atoms with van der Waals surface area (Å²) < 4.78 is 2.53. The summed E-state index contributed by atoms with van der Waals surface area (Å²) in [6.07, 6.45) is 1.24. The second kappa shape index (κ2) is 4.46. The summed E-state index contributed by atoms with van der Waals surface area (Å²) in [4.78, 5) is 0. The van der Waals surface area contributed by atoms with Crippen LogP contribution in [0, 0.1) is 10.7 Å². The number of hydrogen-bond donors (Lipinski definition) is 2. The molecule has 4 nitrogen and oxygen atoms in total. The fourth-order valence-corrected chi connectivity index (χ4v) is 3.14. The fourth-order valence-electron chi connectivity index (χ4n) is 1.64. The molecule has 0 radical (unpaired) electrons. The summed E-state index contributed by atoms with van der Waals surface area (Å²) in [5, 5.41) is 15.7. The highest BCUT2D eigenvalue weighted by Gasteiger charge is 2.17. The first-order chi connectivity index (χ1) is 6.81. The Hall–Kier alpha value is -0.330. The van der Waals surface area contributed by atoms with Crippen LogP contribution in [-0.4, -0.2) is 31.4 Å². The number of nitrogens with zero attached hydrogens (tertiary/aromatic N) is 2. The molecule has 14 heavy (non-hydrogen) atoms. The van der Waals surface area contributed by atoms with E-state index >= 15 is 0 Å². The molecule has 2 N–H and O–H groups in total. The van der Waals surface area contributed by atoms with Crippen molar-refractivity contribution in [2.75, 3.05) is 11.5 Å². The summed E-state index contributed by atoms with van der Waals surface area (Å²) in [5.41, 5.74) is 0. The molecular weight excluding hydrogens is 218 g/mol. The van der Waals surface area contributed by atoms with Crippen LogP contribution >= 0.6 is 24.0 Å². The zero-order valence-corrected chi connectivity index (χ0v) is 9.40. The molecule has 0 bridgehead atoms. The minimum atomic E-state index is -0.0486. The molecule has 2 heterocycles. The van der Waals surface area contributed by atoms with Crippen LogP contribution in [0.4, 0.5) is 0 Å². The number of aliphatic hydroxyl groups excluding tert-OH is 1. The molecule has 0 amide bonds. The smallest absolute Gasteiger partial charge is 0.195 e. The minimum Gasteiger partial charge on any atom is -0.388 e. The second-order valence-electron chi connectivity index (χ2n) is 3.44. The number of aromatic amines is 1. The molecule has 1 aromatic heterocycles. The molecule has 2 rings (SSSR count). The summed E-state index contributed by atoms with van der Waals surface area (Å²) in [6.45, 7) is 0.839. The lowest BCUT2D eigenvalue weighted by molar-refractivity contribution is 0.261. The van der Waals surface area contributed by atoms with E-state index in [4.69, 9.17) is 17.3 Å². The Kier molecular flexibility index (Phi) is 3.25. The number of aliphatic hydroxyl groups is 1. The topological polar surface area (TPSA) is 53.8 Å². The maximum absolute atomic E-state index is 9.05. The Morgan fingerprint density at radius 3 is 3.21 bits per heavy atom. The van der Waals surface area contributed by atoms with Crippen molar-refractivity contribution in [2.24, 2.45) is 5.92 Å². The first-order valence-electron chi connectivity index (χ1n) is 4.64. The molecule has 1 unspecified atom stereocenters. The maximum atomic E-state index is 9.05. The Labute approximate surface area is 91.7 Å². The number of aromatic nitrogens is 3. The average molecular weight is 231 g/mol. The second-order valence-corrected chi connectivity index (χ2v) is 4.98. The van der Waals surface area contributed by atoms with Gasteiger partial charge in [0.05, 0.1) is 0 Å². The lowest BCUT2D eigenvalue weighted by Gasteiger charge is -2.10. The van der Waals surface area contributed by atoms with Crippen molar-refractivity contribution in [1.82, 2.24) is 14.8 Å². The Bertz CT molecular complexity index is 354. The van der Waals surface area contributed by atoms with Crippen LogP contribution in [-0.2, 0) is 13.2 Å². The predicted octanol–water partition coefficient (Wildman–Crippen LogP) is 1.19. The number of hydrogen-bond acceptors (Lipinski definition) is 4. The molecule has 0 spiro atoms. The molecule has 1 saturated heterocycles. The van der Waals surface area contributed by atoms with Gasteiger partial charge in [0.1, 0.15) is 6.61 Å². The van der Waals surface area contributed by atoms with E-state index in [0.717, 1.165) is 6.54 Å². The van der Waals surface area contributed by atoms with Crippen molar-refractivity contribution in [1.29, 1.82) is 0 Å². The van der Waals surface area contributed by atoms with Crippen LogP contribution in [0.2, 0.25) is 0 Å². The van der Waals surface area contributed by atoms with E-state index in [1.165, 1.54) is 17.9 Å². The standard InChI is InChI=1S/C8H13N3OS2/c12-4-7-9-10-8(13)11(7)3-6-1-2-14-5-6/h6,12H,1-5H2,(H,10,13). The van der Waals surface area contributed by atoms with Gasteiger partial charge in [-0.3, -0.25) is 5.10 Å². The first kappa shape index (κ1) is 10.2. The minimum absolute atomic E-state index is 0.0486. The molecule has 0 saturated carbocycles. The van der Waals surface area contributed by atoms with E-state index in [-0.39, 0.29) is 6.61 Å². The van der Waals surface area contributed by atoms with Gasteiger partial charge in [-0.2, -0.15) is 16.9 Å². The van der Waals surface area contributed by atoms with Gasteiger partial charge in [0.2, 0.25) is 0 Å². The molecule has 1 atom stereocenters. The van der Waals surface area contributed by atoms with Gasteiger partial charge in [-0.25, -0.2) is 0 Å². The molecule has 6 heteroatoms. The van der Waals surface area contributed by atoms with Crippen molar-refractivity contribution >= 4 is 24.0 Å².